The maximum absolute atomic E-state index is 3.64. The Kier molecular flexibility index (Phi) is 28.8. The van der Waals surface area contributed by atoms with Crippen molar-refractivity contribution in [2.75, 3.05) is 20.1 Å². The summed E-state index contributed by atoms with van der Waals surface area (Å²) in [6, 6.07) is 0. The van der Waals surface area contributed by atoms with Gasteiger partial charge in [-0.2, -0.15) is 6.92 Å². The van der Waals surface area contributed by atoms with Crippen LogP contribution in [0.5, 0.6) is 0 Å². The first kappa shape index (κ1) is 16.3. The first-order valence-corrected chi connectivity index (χ1v) is 2.79. The Labute approximate surface area is 74.1 Å². The van der Waals surface area contributed by atoms with Gasteiger partial charge in [0.2, 0.25) is 0 Å². The van der Waals surface area contributed by atoms with E-state index in [4.69, 9.17) is 0 Å². The molecular formula is C7H16NW-3. The van der Waals surface area contributed by atoms with E-state index < -0.39 is 0 Å². The molecule has 0 N–H and O–H groups in total. The van der Waals surface area contributed by atoms with Gasteiger partial charge in [-0.15, -0.1) is 13.1 Å². The molecule has 0 saturated heterocycles. The largest absolute Gasteiger partial charge is 0.365 e. The van der Waals surface area contributed by atoms with Gasteiger partial charge in [-0.3, -0.25) is 0 Å². The SMILES string of the molecule is [CH2-]C.[CH2-]CN(C)C[CH2-].[W]. The Morgan fingerprint density at radius 3 is 1.33 bits per heavy atom. The normalized spacial score (nSPS) is 7.33. The molecule has 0 aliphatic rings. The Balaban J connectivity index is -0.000000109. The minimum atomic E-state index is 0. The summed E-state index contributed by atoms with van der Waals surface area (Å²) < 4.78 is 0. The van der Waals surface area contributed by atoms with Crippen molar-refractivity contribution in [2.45, 2.75) is 6.92 Å². The van der Waals surface area contributed by atoms with Crippen LogP contribution in [0.1, 0.15) is 6.92 Å². The van der Waals surface area contributed by atoms with Crippen LogP contribution in [0.2, 0.25) is 0 Å². The van der Waals surface area contributed by atoms with Gasteiger partial charge in [0.25, 0.3) is 0 Å². The van der Waals surface area contributed by atoms with Crippen molar-refractivity contribution >= 4 is 0 Å². The minimum Gasteiger partial charge on any atom is -0.365 e. The third kappa shape index (κ3) is 17.7. The predicted octanol–water partition coefficient (Wildman–Crippen LogP) is 1.42. The van der Waals surface area contributed by atoms with Gasteiger partial charge in [-0.25, -0.2) is 0 Å². The monoisotopic (exact) mass is 298 g/mol. The molecule has 0 radical (unpaired) electrons. The number of rotatable bonds is 2. The second-order valence-electron chi connectivity index (χ2n) is 1.30. The minimum absolute atomic E-state index is 0. The molecule has 0 bridgehead atoms. The molecule has 9 heavy (non-hydrogen) atoms. The van der Waals surface area contributed by atoms with Crippen molar-refractivity contribution in [1.82, 2.24) is 4.90 Å². The molecule has 58 valence electrons. The molecule has 0 aromatic heterocycles. The summed E-state index contributed by atoms with van der Waals surface area (Å²) in [4.78, 5) is 2.03. The first-order chi connectivity index (χ1) is 3.81. The molecule has 0 aliphatic heterocycles. The molecule has 0 amide bonds. The summed E-state index contributed by atoms with van der Waals surface area (Å²) in [6.07, 6.45) is 0. The fourth-order valence-corrected chi connectivity index (χ4v) is 0.112. The second kappa shape index (κ2) is 15.9. The van der Waals surface area contributed by atoms with Crippen LogP contribution in [0.25, 0.3) is 0 Å². The Hall–Kier alpha value is 0.648. The molecule has 0 aromatic rings. The van der Waals surface area contributed by atoms with Crippen molar-refractivity contribution in [1.29, 1.82) is 0 Å². The van der Waals surface area contributed by atoms with E-state index >= 15 is 0 Å². The molecule has 0 saturated carbocycles. The number of hydrogen-bond acceptors (Lipinski definition) is 1. The smallest absolute Gasteiger partial charge is 0 e. The third-order valence-electron chi connectivity index (χ3n) is 0.763. The zero-order valence-corrected chi connectivity index (χ0v) is 9.32. The average Bonchev–Trinajstić information content (AvgIpc) is 1.91. The van der Waals surface area contributed by atoms with Crippen molar-refractivity contribution in [3.05, 3.63) is 20.8 Å². The zero-order chi connectivity index (χ0) is 6.99. The molecule has 0 aromatic carbocycles. The van der Waals surface area contributed by atoms with Crippen LogP contribution in [0.3, 0.4) is 0 Å². The third-order valence-corrected chi connectivity index (χ3v) is 0.763. The molecule has 1 nitrogen and oxygen atoms in total. The van der Waals surface area contributed by atoms with Crippen LogP contribution in [0.15, 0.2) is 0 Å². The maximum atomic E-state index is 3.64. The van der Waals surface area contributed by atoms with Gasteiger partial charge in [0.1, 0.15) is 0 Å². The van der Waals surface area contributed by atoms with Gasteiger partial charge in [-0.05, 0) is 7.05 Å². The van der Waals surface area contributed by atoms with Gasteiger partial charge in [0, 0.05) is 21.1 Å². The molecular weight excluding hydrogens is 282 g/mol. The quantitative estimate of drug-likeness (QED) is 0.697. The molecule has 0 heterocycles. The first-order valence-electron chi connectivity index (χ1n) is 2.79. The van der Waals surface area contributed by atoms with Gasteiger partial charge in [-0.1, -0.05) is 0 Å². The van der Waals surface area contributed by atoms with E-state index in [1.807, 2.05) is 11.9 Å². The van der Waals surface area contributed by atoms with Gasteiger partial charge in [0.05, 0.1) is 0 Å². The number of nitrogens with zero attached hydrogens (tertiary/aromatic N) is 1. The summed E-state index contributed by atoms with van der Waals surface area (Å²) in [5.74, 6) is 0. The van der Waals surface area contributed by atoms with Crippen LogP contribution in [-0.2, 0) is 21.1 Å². The Morgan fingerprint density at radius 1 is 1.11 bits per heavy atom. The van der Waals surface area contributed by atoms with E-state index in [-0.39, 0.29) is 21.1 Å². The van der Waals surface area contributed by atoms with Gasteiger partial charge in [0.15, 0.2) is 0 Å². The Morgan fingerprint density at radius 2 is 1.33 bits per heavy atom. The molecule has 0 rings (SSSR count). The summed E-state index contributed by atoms with van der Waals surface area (Å²) in [5.41, 5.74) is 0. The standard InChI is InChI=1S/C5H11N.C2H5.W/c1-4-6(3)5-2;1-2;/h1-2,4-5H2,3H3;1H2,2H3;/q-2;-1;. The summed E-state index contributed by atoms with van der Waals surface area (Å²) in [5, 5.41) is 0. The molecule has 0 aliphatic carbocycles. The van der Waals surface area contributed by atoms with E-state index in [0.717, 1.165) is 13.1 Å². The summed E-state index contributed by atoms with van der Waals surface area (Å²) in [7, 11) is 1.99. The van der Waals surface area contributed by atoms with Crippen molar-refractivity contribution in [3.63, 3.8) is 0 Å². The van der Waals surface area contributed by atoms with Crippen molar-refractivity contribution < 1.29 is 21.1 Å². The average molecular weight is 298 g/mol. The van der Waals surface area contributed by atoms with Gasteiger partial charge >= 0.3 is 0 Å². The molecule has 0 unspecified atom stereocenters. The molecule has 0 spiro atoms. The molecule has 0 atom stereocenters. The predicted molar refractivity (Wildman–Crippen MR) is 39.2 cm³/mol. The van der Waals surface area contributed by atoms with Crippen molar-refractivity contribution in [2.24, 2.45) is 0 Å². The summed E-state index contributed by atoms with van der Waals surface area (Å²) in [6.45, 7) is 14.0. The number of hydrogen-bond donors (Lipinski definition) is 0. The topological polar surface area (TPSA) is 3.24 Å². The maximum Gasteiger partial charge on any atom is 0 e. The fraction of sp³-hybridized carbons (Fsp3) is 0.571. The van der Waals surface area contributed by atoms with Crippen LogP contribution in [0.4, 0.5) is 0 Å². The fourth-order valence-electron chi connectivity index (χ4n) is 0.112. The van der Waals surface area contributed by atoms with Crippen LogP contribution in [-0.4, -0.2) is 25.0 Å². The van der Waals surface area contributed by atoms with Crippen LogP contribution < -0.4 is 0 Å². The second-order valence-corrected chi connectivity index (χ2v) is 1.30. The Bertz CT molecular complexity index is 28.1. The summed E-state index contributed by atoms with van der Waals surface area (Å²) >= 11 is 0. The van der Waals surface area contributed by atoms with E-state index in [1.165, 1.54) is 0 Å². The van der Waals surface area contributed by atoms with E-state index in [1.54, 1.807) is 6.92 Å². The molecule has 0 fully saturated rings. The van der Waals surface area contributed by atoms with E-state index in [9.17, 15) is 0 Å². The van der Waals surface area contributed by atoms with E-state index in [0.29, 0.717) is 0 Å². The van der Waals surface area contributed by atoms with E-state index in [2.05, 4.69) is 20.8 Å². The van der Waals surface area contributed by atoms with Crippen molar-refractivity contribution in [3.8, 4) is 0 Å². The molecule has 2 heteroatoms. The van der Waals surface area contributed by atoms with Gasteiger partial charge < -0.3 is 25.7 Å². The van der Waals surface area contributed by atoms with Crippen LogP contribution >= 0.6 is 0 Å². The van der Waals surface area contributed by atoms with Crippen LogP contribution in [0, 0.1) is 20.8 Å². The zero-order valence-electron chi connectivity index (χ0n) is 6.39.